The topological polar surface area (TPSA) is 76.1 Å². The number of carboxylic acids is 1. The highest BCUT2D eigenvalue weighted by Crippen LogP contribution is 2.21. The Hall–Kier alpha value is -1.89. The van der Waals surface area contributed by atoms with Crippen molar-refractivity contribution in [2.75, 3.05) is 31.3 Å². The Morgan fingerprint density at radius 1 is 1.24 bits per heavy atom. The summed E-state index contributed by atoms with van der Waals surface area (Å²) in [7, 11) is 0. The number of thioether (sulfide) groups is 1. The fourth-order valence-electron chi connectivity index (χ4n) is 2.71. The Labute approximate surface area is 152 Å². The minimum absolute atomic E-state index is 0.0153. The molecule has 25 heavy (non-hydrogen) atoms. The van der Waals surface area contributed by atoms with Crippen molar-refractivity contribution >= 4 is 23.6 Å². The van der Waals surface area contributed by atoms with E-state index in [2.05, 4.69) is 0 Å². The maximum absolute atomic E-state index is 12.4. The van der Waals surface area contributed by atoms with E-state index < -0.39 is 5.97 Å². The average Bonchev–Trinajstić information content (AvgIpc) is 2.60. The molecule has 1 N–H and O–H groups in total. The van der Waals surface area contributed by atoms with Crippen molar-refractivity contribution in [1.29, 1.82) is 0 Å². The lowest BCUT2D eigenvalue weighted by atomic mass is 10.1. The molecule has 1 fully saturated rings. The molecule has 1 aliphatic heterocycles. The van der Waals surface area contributed by atoms with Crippen LogP contribution in [0, 0.1) is 0 Å². The average molecular weight is 367 g/mol. The second-order valence-electron chi connectivity index (χ2n) is 5.77. The van der Waals surface area contributed by atoms with E-state index in [1.807, 2.05) is 31.2 Å². The van der Waals surface area contributed by atoms with Gasteiger partial charge in [0.2, 0.25) is 5.91 Å². The first-order chi connectivity index (χ1) is 12.1. The molecule has 0 aliphatic carbocycles. The Morgan fingerprint density at radius 3 is 2.56 bits per heavy atom. The molecule has 1 heterocycles. The van der Waals surface area contributed by atoms with Crippen LogP contribution in [0.2, 0.25) is 0 Å². The maximum Gasteiger partial charge on any atom is 0.305 e. The minimum atomic E-state index is -0.857. The zero-order valence-corrected chi connectivity index (χ0v) is 15.3. The molecule has 1 atom stereocenters. The van der Waals surface area contributed by atoms with Crippen molar-refractivity contribution in [2.24, 2.45) is 0 Å². The number of carboxylic acid groups (broad SMARTS) is 1. The van der Waals surface area contributed by atoms with Crippen LogP contribution in [0.15, 0.2) is 24.3 Å². The molecule has 0 bridgehead atoms. The van der Waals surface area contributed by atoms with Gasteiger partial charge in [-0.2, -0.15) is 11.8 Å². The van der Waals surface area contributed by atoms with Crippen molar-refractivity contribution in [2.45, 2.75) is 32.2 Å². The van der Waals surface area contributed by atoms with Crippen LogP contribution in [0.4, 0.5) is 0 Å². The van der Waals surface area contributed by atoms with Crippen LogP contribution in [0.1, 0.15) is 26.2 Å². The van der Waals surface area contributed by atoms with Gasteiger partial charge >= 0.3 is 5.97 Å². The van der Waals surface area contributed by atoms with Crippen molar-refractivity contribution in [3.05, 3.63) is 24.3 Å². The predicted octanol–water partition coefficient (Wildman–Crippen LogP) is 2.66. The third-order valence-corrected chi connectivity index (χ3v) is 4.99. The summed E-state index contributed by atoms with van der Waals surface area (Å²) in [6.45, 7) is 3.64. The summed E-state index contributed by atoms with van der Waals surface area (Å²) in [6.07, 6.45) is 0.995. The number of carbonyl (C=O) groups excluding carboxylic acids is 1. The number of nitrogens with zero attached hydrogens (tertiary/aromatic N) is 1. The van der Waals surface area contributed by atoms with Crippen LogP contribution < -0.4 is 9.47 Å². The highest BCUT2D eigenvalue weighted by Gasteiger charge is 2.28. The summed E-state index contributed by atoms with van der Waals surface area (Å²) in [5.74, 6) is 2.27. The molecule has 1 aromatic rings. The summed E-state index contributed by atoms with van der Waals surface area (Å²) in [5, 5.41) is 8.98. The summed E-state index contributed by atoms with van der Waals surface area (Å²) in [5.41, 5.74) is 0. The summed E-state index contributed by atoms with van der Waals surface area (Å²) in [4.78, 5) is 25.0. The molecular formula is C18H25NO5S. The van der Waals surface area contributed by atoms with Crippen molar-refractivity contribution < 1.29 is 24.2 Å². The molecule has 0 radical (unpaired) electrons. The van der Waals surface area contributed by atoms with Crippen molar-refractivity contribution in [3.8, 4) is 11.5 Å². The Morgan fingerprint density at radius 2 is 1.92 bits per heavy atom. The third-order valence-electron chi connectivity index (χ3n) is 3.90. The summed E-state index contributed by atoms with van der Waals surface area (Å²) < 4.78 is 11.0. The molecule has 6 nitrogen and oxygen atoms in total. The van der Waals surface area contributed by atoms with E-state index in [0.717, 1.165) is 17.3 Å². The monoisotopic (exact) mass is 367 g/mol. The fraction of sp³-hybridized carbons (Fsp3) is 0.556. The minimum Gasteiger partial charge on any atom is -0.494 e. The normalized spacial score (nSPS) is 17.2. The van der Waals surface area contributed by atoms with Crippen LogP contribution in [0.3, 0.4) is 0 Å². The van der Waals surface area contributed by atoms with Gasteiger partial charge in [0.25, 0.3) is 0 Å². The van der Waals surface area contributed by atoms with Gasteiger partial charge in [0.15, 0.2) is 0 Å². The van der Waals surface area contributed by atoms with Crippen LogP contribution in [-0.2, 0) is 9.59 Å². The standard InChI is InChI=1S/C18H25NO5S/c1-2-23-15-5-7-16(8-6-15)24-10-3-4-17(20)19-9-11-25-13-14(19)12-18(21)22/h5-8,14H,2-4,9-13H2,1H3,(H,21,22). The molecule has 1 saturated heterocycles. The number of rotatable bonds is 9. The predicted molar refractivity (Wildman–Crippen MR) is 97.4 cm³/mol. The number of hydrogen-bond acceptors (Lipinski definition) is 5. The lowest BCUT2D eigenvalue weighted by Crippen LogP contribution is -2.47. The van der Waals surface area contributed by atoms with E-state index in [1.54, 1.807) is 16.7 Å². The first-order valence-electron chi connectivity index (χ1n) is 8.54. The largest absolute Gasteiger partial charge is 0.494 e. The number of hydrogen-bond donors (Lipinski definition) is 1. The zero-order valence-electron chi connectivity index (χ0n) is 14.5. The Bertz CT molecular complexity index is 563. The van der Waals surface area contributed by atoms with Gasteiger partial charge in [0.1, 0.15) is 11.5 Å². The van der Waals surface area contributed by atoms with E-state index in [0.29, 0.717) is 38.4 Å². The number of ether oxygens (including phenoxy) is 2. The Balaban J connectivity index is 1.72. The van der Waals surface area contributed by atoms with Gasteiger partial charge in [-0.15, -0.1) is 0 Å². The molecular weight excluding hydrogens is 342 g/mol. The van der Waals surface area contributed by atoms with E-state index in [1.165, 1.54) is 0 Å². The number of benzene rings is 1. The molecule has 1 aromatic carbocycles. The molecule has 0 spiro atoms. The molecule has 1 unspecified atom stereocenters. The fourth-order valence-corrected chi connectivity index (χ4v) is 3.77. The highest BCUT2D eigenvalue weighted by molar-refractivity contribution is 7.99. The first kappa shape index (κ1) is 19.4. The lowest BCUT2D eigenvalue weighted by Gasteiger charge is -2.34. The van der Waals surface area contributed by atoms with E-state index in [4.69, 9.17) is 14.6 Å². The van der Waals surface area contributed by atoms with Crippen molar-refractivity contribution in [1.82, 2.24) is 4.90 Å². The summed E-state index contributed by atoms with van der Waals surface area (Å²) >= 11 is 1.70. The molecule has 1 amide bonds. The zero-order chi connectivity index (χ0) is 18.1. The Kier molecular flexibility index (Phi) is 7.91. The molecule has 1 aliphatic rings. The van der Waals surface area contributed by atoms with Gasteiger partial charge in [0.05, 0.1) is 25.7 Å². The smallest absolute Gasteiger partial charge is 0.305 e. The number of amides is 1. The molecule has 0 saturated carbocycles. The van der Waals surface area contributed by atoms with Crippen LogP contribution >= 0.6 is 11.8 Å². The highest BCUT2D eigenvalue weighted by atomic mass is 32.2. The molecule has 0 aromatic heterocycles. The van der Waals surface area contributed by atoms with Crippen molar-refractivity contribution in [3.63, 3.8) is 0 Å². The number of aliphatic carboxylic acids is 1. The van der Waals surface area contributed by atoms with Crippen LogP contribution in [0.5, 0.6) is 11.5 Å². The third kappa shape index (κ3) is 6.49. The lowest BCUT2D eigenvalue weighted by molar-refractivity contribution is -0.140. The second-order valence-corrected chi connectivity index (χ2v) is 6.92. The van der Waals surface area contributed by atoms with E-state index >= 15 is 0 Å². The maximum atomic E-state index is 12.4. The van der Waals surface area contributed by atoms with Crippen LogP contribution in [-0.4, -0.2) is 59.2 Å². The van der Waals surface area contributed by atoms with Crippen LogP contribution in [0.25, 0.3) is 0 Å². The molecule has 138 valence electrons. The quantitative estimate of drug-likeness (QED) is 0.676. The summed E-state index contributed by atoms with van der Waals surface area (Å²) in [6, 6.07) is 7.20. The van der Waals surface area contributed by atoms with Gasteiger partial charge in [-0.05, 0) is 37.6 Å². The van der Waals surface area contributed by atoms with Gasteiger partial charge in [-0.25, -0.2) is 0 Å². The molecule has 2 rings (SSSR count). The van der Waals surface area contributed by atoms with E-state index in [-0.39, 0.29) is 18.4 Å². The van der Waals surface area contributed by atoms with E-state index in [9.17, 15) is 9.59 Å². The van der Waals surface area contributed by atoms with Gasteiger partial charge in [0, 0.05) is 24.5 Å². The second kappa shape index (κ2) is 10.2. The number of carbonyl (C=O) groups is 2. The SMILES string of the molecule is CCOc1ccc(OCCCC(=O)N2CCSCC2CC(=O)O)cc1. The molecule has 7 heteroatoms. The van der Waals surface area contributed by atoms with Gasteiger partial charge in [-0.1, -0.05) is 0 Å². The first-order valence-corrected chi connectivity index (χ1v) is 9.70. The van der Waals surface area contributed by atoms with Gasteiger partial charge in [-0.3, -0.25) is 9.59 Å². The van der Waals surface area contributed by atoms with Gasteiger partial charge < -0.3 is 19.5 Å².